The van der Waals surface area contributed by atoms with Crippen molar-refractivity contribution in [1.29, 1.82) is 0 Å². The van der Waals surface area contributed by atoms with Crippen LogP contribution in [0.4, 0.5) is 5.13 Å². The highest BCUT2D eigenvalue weighted by Gasteiger charge is 2.34. The van der Waals surface area contributed by atoms with Crippen molar-refractivity contribution in [2.24, 2.45) is 11.8 Å². The summed E-state index contributed by atoms with van der Waals surface area (Å²) in [5, 5.41) is 8.63. The number of hydrogen-bond acceptors (Lipinski definition) is 6. The predicted molar refractivity (Wildman–Crippen MR) is 129 cm³/mol. The molecule has 0 unspecified atom stereocenters. The number of Topliss-reactive ketones (excluding diaryl/α,β-unsaturated/α-hetero) is 1. The van der Waals surface area contributed by atoms with Gasteiger partial charge in [0, 0.05) is 42.3 Å². The van der Waals surface area contributed by atoms with Gasteiger partial charge in [0.15, 0.2) is 5.13 Å². The molecule has 0 spiro atoms. The van der Waals surface area contributed by atoms with Crippen LogP contribution in [0.3, 0.4) is 0 Å². The Balaban J connectivity index is 1.55. The summed E-state index contributed by atoms with van der Waals surface area (Å²) in [4.78, 5) is 34.3. The highest BCUT2D eigenvalue weighted by molar-refractivity contribution is 7.19. The largest absolute Gasteiger partial charge is 0.302 e. The summed E-state index contributed by atoms with van der Waals surface area (Å²) >= 11 is 1.53. The first kappa shape index (κ1) is 21.9. The van der Waals surface area contributed by atoms with Gasteiger partial charge in [-0.2, -0.15) is 5.10 Å². The van der Waals surface area contributed by atoms with E-state index in [2.05, 4.69) is 21.0 Å². The molecular formula is C25H29N5O2S. The van der Waals surface area contributed by atoms with E-state index in [9.17, 15) is 9.59 Å². The third-order valence-corrected chi connectivity index (χ3v) is 7.78. The summed E-state index contributed by atoms with van der Waals surface area (Å²) < 4.78 is 2.20. The van der Waals surface area contributed by atoms with Crippen molar-refractivity contribution in [1.82, 2.24) is 19.7 Å². The molecule has 3 aromatic rings. The van der Waals surface area contributed by atoms with Gasteiger partial charge in [-0.15, -0.1) is 0 Å². The Labute approximate surface area is 197 Å². The number of nitrogens with zero attached hydrogens (tertiary/aromatic N) is 4. The minimum absolute atomic E-state index is 0.0909. The second kappa shape index (κ2) is 8.82. The van der Waals surface area contributed by atoms with Crippen molar-refractivity contribution >= 4 is 28.2 Å². The Morgan fingerprint density at radius 2 is 1.97 bits per heavy atom. The Bertz CT molecular complexity index is 1190. The zero-order valence-corrected chi connectivity index (χ0v) is 20.1. The molecule has 2 aliphatic rings. The zero-order valence-electron chi connectivity index (χ0n) is 19.3. The molecule has 0 aliphatic heterocycles. The van der Waals surface area contributed by atoms with Crippen molar-refractivity contribution in [2.75, 3.05) is 5.32 Å². The minimum Gasteiger partial charge on any atom is -0.302 e. The summed E-state index contributed by atoms with van der Waals surface area (Å²) in [5.41, 5.74) is 5.39. The molecule has 1 amide bonds. The van der Waals surface area contributed by atoms with Crippen molar-refractivity contribution in [3.8, 4) is 21.8 Å². The molecule has 33 heavy (non-hydrogen) atoms. The zero-order chi connectivity index (χ0) is 23.1. The standard InChI is InChI=1S/C25H29N5O2S/c1-14(2)23(32)16-6-8-18(9-7-16)30-22-19(21(29-30)17-5-4-12-26-13-17)10-11-20-24(22)33-25(28-20)27-15(3)31/h4-5,12-14,16,18H,6-11H2,1-3H3,(H,27,28,31). The highest BCUT2D eigenvalue weighted by Crippen LogP contribution is 2.46. The van der Waals surface area contributed by atoms with Crippen LogP contribution >= 0.6 is 11.3 Å². The number of hydrogen-bond donors (Lipinski definition) is 1. The van der Waals surface area contributed by atoms with Crippen LogP contribution in [0.15, 0.2) is 24.5 Å². The maximum Gasteiger partial charge on any atom is 0.223 e. The van der Waals surface area contributed by atoms with Crippen molar-refractivity contribution < 1.29 is 9.59 Å². The molecule has 1 N–H and O–H groups in total. The van der Waals surface area contributed by atoms with E-state index in [4.69, 9.17) is 10.1 Å². The SMILES string of the molecule is CC(=O)Nc1nc2c(s1)-c1c(c(-c3cccnc3)nn1C1CCC(C(=O)C(C)C)CC1)CC2. The summed E-state index contributed by atoms with van der Waals surface area (Å²) in [6.07, 6.45) is 9.03. The second-order valence-electron chi connectivity index (χ2n) is 9.40. The lowest BCUT2D eigenvalue weighted by Gasteiger charge is -2.30. The molecule has 0 atom stereocenters. The van der Waals surface area contributed by atoms with Gasteiger partial charge < -0.3 is 5.32 Å². The number of aromatic nitrogens is 4. The molecule has 1 fully saturated rings. The number of fused-ring (bicyclic) bond motifs is 3. The van der Waals surface area contributed by atoms with E-state index in [0.717, 1.165) is 66.0 Å². The van der Waals surface area contributed by atoms with E-state index < -0.39 is 0 Å². The number of amides is 1. The highest BCUT2D eigenvalue weighted by atomic mass is 32.1. The topological polar surface area (TPSA) is 89.8 Å². The third kappa shape index (κ3) is 4.12. The van der Waals surface area contributed by atoms with E-state index in [1.54, 1.807) is 6.20 Å². The monoisotopic (exact) mass is 463 g/mol. The number of anilines is 1. The van der Waals surface area contributed by atoms with Crippen LogP contribution in [-0.4, -0.2) is 31.4 Å². The number of ketones is 1. The number of thiazole rings is 1. The maximum atomic E-state index is 12.5. The predicted octanol–water partition coefficient (Wildman–Crippen LogP) is 5.08. The fourth-order valence-electron chi connectivity index (χ4n) is 5.18. The molecule has 5 rings (SSSR count). The molecule has 2 aliphatic carbocycles. The minimum atomic E-state index is -0.112. The first-order valence-electron chi connectivity index (χ1n) is 11.8. The van der Waals surface area contributed by atoms with Gasteiger partial charge in [0.2, 0.25) is 5.91 Å². The van der Waals surface area contributed by atoms with Gasteiger partial charge in [0.05, 0.1) is 28.0 Å². The quantitative estimate of drug-likeness (QED) is 0.570. The number of pyridine rings is 1. The molecule has 172 valence electrons. The van der Waals surface area contributed by atoms with Gasteiger partial charge in [0.25, 0.3) is 0 Å². The van der Waals surface area contributed by atoms with Gasteiger partial charge in [-0.05, 0) is 50.7 Å². The summed E-state index contributed by atoms with van der Waals surface area (Å²) in [7, 11) is 0. The second-order valence-corrected chi connectivity index (χ2v) is 10.4. The van der Waals surface area contributed by atoms with E-state index in [1.807, 2.05) is 26.1 Å². The molecule has 8 heteroatoms. The third-order valence-electron chi connectivity index (χ3n) is 6.76. The first-order chi connectivity index (χ1) is 15.9. The Hall–Kier alpha value is -2.87. The van der Waals surface area contributed by atoms with E-state index in [0.29, 0.717) is 10.9 Å². The molecule has 0 saturated heterocycles. The molecule has 0 bridgehead atoms. The smallest absolute Gasteiger partial charge is 0.223 e. The normalized spacial score (nSPS) is 19.8. The lowest BCUT2D eigenvalue weighted by molar-refractivity contribution is -0.127. The van der Waals surface area contributed by atoms with Gasteiger partial charge in [-0.1, -0.05) is 25.2 Å². The molecular weight excluding hydrogens is 434 g/mol. The van der Waals surface area contributed by atoms with Crippen molar-refractivity contribution in [2.45, 2.75) is 65.3 Å². The molecule has 0 radical (unpaired) electrons. The Morgan fingerprint density at radius 1 is 1.18 bits per heavy atom. The number of nitrogens with one attached hydrogen (secondary N) is 1. The summed E-state index contributed by atoms with van der Waals surface area (Å²) in [6.45, 7) is 5.50. The van der Waals surface area contributed by atoms with E-state index in [-0.39, 0.29) is 23.8 Å². The van der Waals surface area contributed by atoms with Crippen LogP contribution in [0.1, 0.15) is 63.8 Å². The van der Waals surface area contributed by atoms with E-state index in [1.165, 1.54) is 23.8 Å². The molecule has 0 aromatic carbocycles. The van der Waals surface area contributed by atoms with E-state index >= 15 is 0 Å². The van der Waals surface area contributed by atoms with Gasteiger partial charge in [-0.25, -0.2) is 4.98 Å². The molecule has 3 heterocycles. The van der Waals surface area contributed by atoms with Crippen LogP contribution in [0, 0.1) is 11.8 Å². The fraction of sp³-hybridized carbons (Fsp3) is 0.480. The lowest BCUT2D eigenvalue weighted by atomic mass is 9.80. The number of rotatable bonds is 5. The molecule has 1 saturated carbocycles. The average molecular weight is 464 g/mol. The van der Waals surface area contributed by atoms with Gasteiger partial charge in [-0.3, -0.25) is 19.3 Å². The lowest BCUT2D eigenvalue weighted by Crippen LogP contribution is -2.27. The van der Waals surface area contributed by atoms with Gasteiger partial charge in [0.1, 0.15) is 5.78 Å². The first-order valence-corrected chi connectivity index (χ1v) is 12.6. The van der Waals surface area contributed by atoms with Crippen molar-refractivity contribution in [3.63, 3.8) is 0 Å². The number of carbonyl (C=O) groups is 2. The van der Waals surface area contributed by atoms with Crippen molar-refractivity contribution in [3.05, 3.63) is 35.8 Å². The van der Waals surface area contributed by atoms with Crippen LogP contribution in [0.25, 0.3) is 21.8 Å². The van der Waals surface area contributed by atoms with Crippen LogP contribution in [0.5, 0.6) is 0 Å². The molecule has 3 aromatic heterocycles. The average Bonchev–Trinajstić information content (AvgIpc) is 3.39. The van der Waals surface area contributed by atoms with Crippen LogP contribution < -0.4 is 5.32 Å². The van der Waals surface area contributed by atoms with Gasteiger partial charge >= 0.3 is 0 Å². The number of carbonyl (C=O) groups excluding carboxylic acids is 2. The fourth-order valence-corrected chi connectivity index (χ4v) is 6.30. The van der Waals surface area contributed by atoms with Crippen LogP contribution in [0.2, 0.25) is 0 Å². The van der Waals surface area contributed by atoms with Crippen LogP contribution in [-0.2, 0) is 22.4 Å². The summed E-state index contributed by atoms with van der Waals surface area (Å²) in [6, 6.07) is 4.25. The Morgan fingerprint density at radius 3 is 2.64 bits per heavy atom. The Kier molecular flexibility index (Phi) is 5.86. The summed E-state index contributed by atoms with van der Waals surface area (Å²) in [5.74, 6) is 0.527. The molecule has 7 nitrogen and oxygen atoms in total. The number of aryl methyl sites for hydroxylation is 1. The maximum absolute atomic E-state index is 12.5.